The summed E-state index contributed by atoms with van der Waals surface area (Å²) in [6, 6.07) is 0. The fourth-order valence-electron chi connectivity index (χ4n) is 1.89. The summed E-state index contributed by atoms with van der Waals surface area (Å²) in [6.07, 6.45) is 11.2. The van der Waals surface area contributed by atoms with Gasteiger partial charge >= 0.3 is 0 Å². The summed E-state index contributed by atoms with van der Waals surface area (Å²) in [5, 5.41) is 0. The average Bonchev–Trinajstić information content (AvgIpc) is 2.37. The van der Waals surface area contributed by atoms with E-state index < -0.39 is 0 Å². The Kier molecular flexibility index (Phi) is 3.86. The monoisotopic (exact) mass is 230 g/mol. The van der Waals surface area contributed by atoms with Crippen LogP contribution in [0.4, 0.5) is 0 Å². The highest BCUT2D eigenvalue weighted by molar-refractivity contribution is 5.40. The predicted molar refractivity (Wildman–Crippen MR) is 77.9 cm³/mol. The molecule has 0 aliphatic heterocycles. The zero-order valence-corrected chi connectivity index (χ0v) is 12.2. The second-order valence-electron chi connectivity index (χ2n) is 6.89. The van der Waals surface area contributed by atoms with E-state index in [0.29, 0.717) is 5.92 Å². The minimum atomic E-state index is 0.193. The highest BCUT2D eigenvalue weighted by atomic mass is 14.3. The van der Waals surface area contributed by atoms with Gasteiger partial charge in [0.05, 0.1) is 0 Å². The van der Waals surface area contributed by atoms with Crippen molar-refractivity contribution in [3.8, 4) is 0 Å². The van der Waals surface area contributed by atoms with Crippen LogP contribution in [0.5, 0.6) is 0 Å². The lowest BCUT2D eigenvalue weighted by atomic mass is 9.84. The minimum Gasteiger partial charge on any atom is -0.102 e. The van der Waals surface area contributed by atoms with E-state index in [2.05, 4.69) is 72.4 Å². The molecule has 0 aromatic rings. The Morgan fingerprint density at radius 2 is 1.24 bits per heavy atom. The minimum absolute atomic E-state index is 0.193. The van der Waals surface area contributed by atoms with Gasteiger partial charge in [-0.15, -0.1) is 6.58 Å². The molecule has 0 aromatic heterocycles. The van der Waals surface area contributed by atoms with Crippen LogP contribution in [-0.2, 0) is 0 Å². The van der Waals surface area contributed by atoms with E-state index >= 15 is 0 Å². The van der Waals surface area contributed by atoms with E-state index in [1.807, 2.05) is 6.08 Å². The molecule has 0 aromatic carbocycles. The Morgan fingerprint density at radius 3 is 1.47 bits per heavy atom. The van der Waals surface area contributed by atoms with E-state index in [-0.39, 0.29) is 10.8 Å². The highest BCUT2D eigenvalue weighted by Gasteiger charge is 2.21. The first-order valence-electron chi connectivity index (χ1n) is 6.40. The maximum absolute atomic E-state index is 3.94. The lowest BCUT2D eigenvalue weighted by Gasteiger charge is -2.21. The largest absolute Gasteiger partial charge is 0.102 e. The van der Waals surface area contributed by atoms with Crippen molar-refractivity contribution in [2.75, 3.05) is 0 Å². The maximum atomic E-state index is 3.94. The summed E-state index contributed by atoms with van der Waals surface area (Å²) in [6.45, 7) is 17.5. The Bertz CT molecular complexity index is 341. The molecule has 0 atom stereocenters. The normalized spacial score (nSPS) is 18.5. The van der Waals surface area contributed by atoms with Crippen molar-refractivity contribution < 1.29 is 0 Å². The fourth-order valence-corrected chi connectivity index (χ4v) is 1.89. The van der Waals surface area contributed by atoms with E-state index in [1.54, 1.807) is 0 Å². The smallest absolute Gasteiger partial charge is 0.0136 e. The van der Waals surface area contributed by atoms with E-state index in [9.17, 15) is 0 Å². The molecule has 0 saturated heterocycles. The summed E-state index contributed by atoms with van der Waals surface area (Å²) in [5.41, 5.74) is 3.16. The number of rotatable bonds is 1. The molecule has 0 radical (unpaired) electrons. The third kappa shape index (κ3) is 3.73. The molecule has 0 unspecified atom stereocenters. The van der Waals surface area contributed by atoms with Crippen LogP contribution in [0.1, 0.15) is 41.5 Å². The van der Waals surface area contributed by atoms with Crippen LogP contribution in [0.2, 0.25) is 0 Å². The topological polar surface area (TPSA) is 0 Å². The van der Waals surface area contributed by atoms with Gasteiger partial charge in [0.2, 0.25) is 0 Å². The quantitative estimate of drug-likeness (QED) is 0.536. The van der Waals surface area contributed by atoms with Crippen molar-refractivity contribution >= 4 is 0 Å². The molecule has 0 heterocycles. The fraction of sp³-hybridized carbons (Fsp3) is 0.529. The molecule has 1 aliphatic carbocycles. The van der Waals surface area contributed by atoms with Gasteiger partial charge in [0.1, 0.15) is 0 Å². The molecule has 0 saturated carbocycles. The zero-order chi connectivity index (χ0) is 13.3. The van der Waals surface area contributed by atoms with E-state index in [0.717, 1.165) is 0 Å². The van der Waals surface area contributed by atoms with Crippen LogP contribution < -0.4 is 0 Å². The van der Waals surface area contributed by atoms with Gasteiger partial charge in [-0.2, -0.15) is 0 Å². The van der Waals surface area contributed by atoms with Crippen molar-refractivity contribution in [2.24, 2.45) is 16.7 Å². The van der Waals surface area contributed by atoms with Crippen LogP contribution in [0.3, 0.4) is 0 Å². The molecular weight excluding hydrogens is 204 g/mol. The highest BCUT2D eigenvalue weighted by Crippen LogP contribution is 2.35. The average molecular weight is 230 g/mol. The molecule has 0 fully saturated rings. The van der Waals surface area contributed by atoms with Crippen molar-refractivity contribution in [3.05, 3.63) is 48.1 Å². The standard InChI is InChI=1S/C17H26/c1-8-13-11-14(16(2,3)4)9-10-15(12-13)17(5,6)7/h8-13H,1H2,2-7H3. The second kappa shape index (κ2) is 4.68. The molecule has 1 rings (SSSR count). The molecule has 0 bridgehead atoms. The Balaban J connectivity index is 3.17. The predicted octanol–water partition coefficient (Wildman–Crippen LogP) is 5.30. The summed E-state index contributed by atoms with van der Waals surface area (Å²) >= 11 is 0. The Morgan fingerprint density at radius 1 is 0.882 bits per heavy atom. The molecule has 0 amide bonds. The Hall–Kier alpha value is -1.04. The van der Waals surface area contributed by atoms with Crippen molar-refractivity contribution in [1.29, 1.82) is 0 Å². The molecular formula is C17H26. The van der Waals surface area contributed by atoms with E-state index in [4.69, 9.17) is 0 Å². The van der Waals surface area contributed by atoms with Crippen LogP contribution in [-0.4, -0.2) is 0 Å². The molecule has 0 nitrogen and oxygen atoms in total. The first kappa shape index (κ1) is 14.0. The number of hydrogen-bond donors (Lipinski definition) is 0. The third-order valence-electron chi connectivity index (χ3n) is 3.19. The van der Waals surface area contributed by atoms with Gasteiger partial charge in [0.25, 0.3) is 0 Å². The summed E-state index contributed by atoms with van der Waals surface area (Å²) in [7, 11) is 0. The molecule has 17 heavy (non-hydrogen) atoms. The molecule has 94 valence electrons. The molecule has 0 heteroatoms. The van der Waals surface area contributed by atoms with Crippen molar-refractivity contribution in [2.45, 2.75) is 41.5 Å². The van der Waals surface area contributed by atoms with Crippen molar-refractivity contribution in [1.82, 2.24) is 0 Å². The van der Waals surface area contributed by atoms with Crippen molar-refractivity contribution in [3.63, 3.8) is 0 Å². The van der Waals surface area contributed by atoms with Gasteiger partial charge in [-0.25, -0.2) is 0 Å². The van der Waals surface area contributed by atoms with Gasteiger partial charge in [0, 0.05) is 5.92 Å². The number of allylic oxidation sites excluding steroid dienone is 7. The molecule has 0 N–H and O–H groups in total. The zero-order valence-electron chi connectivity index (χ0n) is 12.2. The molecule has 0 spiro atoms. The van der Waals surface area contributed by atoms with Crippen LogP contribution >= 0.6 is 0 Å². The second-order valence-corrected chi connectivity index (χ2v) is 6.89. The summed E-state index contributed by atoms with van der Waals surface area (Å²) in [4.78, 5) is 0. The van der Waals surface area contributed by atoms with Crippen LogP contribution in [0.15, 0.2) is 48.1 Å². The van der Waals surface area contributed by atoms with Crippen LogP contribution in [0.25, 0.3) is 0 Å². The van der Waals surface area contributed by atoms with Gasteiger partial charge in [-0.3, -0.25) is 0 Å². The van der Waals surface area contributed by atoms with Gasteiger partial charge in [-0.1, -0.05) is 71.9 Å². The van der Waals surface area contributed by atoms with Crippen LogP contribution in [0, 0.1) is 16.7 Å². The SMILES string of the molecule is C=CC1C=C(C(C)(C)C)C=CC(C(C)(C)C)=C1. The number of hydrogen-bond acceptors (Lipinski definition) is 0. The van der Waals surface area contributed by atoms with E-state index in [1.165, 1.54) is 11.1 Å². The summed E-state index contributed by atoms with van der Waals surface area (Å²) < 4.78 is 0. The van der Waals surface area contributed by atoms with Gasteiger partial charge < -0.3 is 0 Å². The maximum Gasteiger partial charge on any atom is 0.0136 e. The third-order valence-corrected chi connectivity index (χ3v) is 3.19. The lowest BCUT2D eigenvalue weighted by Crippen LogP contribution is -2.08. The van der Waals surface area contributed by atoms with Gasteiger partial charge in [-0.05, 0) is 22.0 Å². The van der Waals surface area contributed by atoms with Gasteiger partial charge in [0.15, 0.2) is 0 Å². The summed E-state index contributed by atoms with van der Waals surface area (Å²) in [5.74, 6) is 0.341. The lowest BCUT2D eigenvalue weighted by molar-refractivity contribution is 0.512. The molecule has 1 aliphatic rings. The Labute approximate surface area is 107 Å². The first-order chi connectivity index (χ1) is 7.64. The first-order valence-corrected chi connectivity index (χ1v) is 6.40.